The summed E-state index contributed by atoms with van der Waals surface area (Å²) in [6.45, 7) is 4.89. The molecule has 0 radical (unpaired) electrons. The second-order valence-corrected chi connectivity index (χ2v) is 4.75. The molecule has 4 nitrogen and oxygen atoms in total. The molecule has 0 aliphatic carbocycles. The number of nitrogens with one attached hydrogen (secondary N) is 1. The molecule has 0 atom stereocenters. The third kappa shape index (κ3) is 4.38. The van der Waals surface area contributed by atoms with Crippen LogP contribution in [0.5, 0.6) is 0 Å². The number of aromatic nitrogens is 2. The van der Waals surface area contributed by atoms with Crippen molar-refractivity contribution in [2.45, 2.75) is 19.0 Å². The molecule has 0 saturated heterocycles. The minimum atomic E-state index is 0.0664. The Hall–Kier alpha value is -0.970. The fourth-order valence-corrected chi connectivity index (χ4v) is 1.75. The fraction of sp³-hybridized carbons (Fsp3) is 0.600. The zero-order valence-electron chi connectivity index (χ0n) is 9.36. The highest BCUT2D eigenvalue weighted by atomic mass is 32.2. The van der Waals surface area contributed by atoms with Gasteiger partial charge in [-0.2, -0.15) is 0 Å². The van der Waals surface area contributed by atoms with Crippen LogP contribution in [-0.2, 0) is 11.8 Å². The summed E-state index contributed by atoms with van der Waals surface area (Å²) in [4.78, 5) is 15.5. The summed E-state index contributed by atoms with van der Waals surface area (Å²) in [5.74, 6) is 0.987. The van der Waals surface area contributed by atoms with E-state index in [-0.39, 0.29) is 5.91 Å². The van der Waals surface area contributed by atoms with Gasteiger partial charge in [0.2, 0.25) is 5.91 Å². The van der Waals surface area contributed by atoms with E-state index in [4.69, 9.17) is 0 Å². The van der Waals surface area contributed by atoms with Crippen LogP contribution in [0.25, 0.3) is 0 Å². The predicted octanol–water partition coefficient (Wildman–Crippen LogP) is 1.28. The lowest BCUT2D eigenvalue weighted by atomic mass is 10.2. The minimum absolute atomic E-state index is 0.0664. The van der Waals surface area contributed by atoms with E-state index in [0.29, 0.717) is 11.7 Å². The lowest BCUT2D eigenvalue weighted by Crippen LogP contribution is -2.28. The van der Waals surface area contributed by atoms with Crippen molar-refractivity contribution in [1.82, 2.24) is 14.9 Å². The highest BCUT2D eigenvalue weighted by Gasteiger charge is 2.05. The van der Waals surface area contributed by atoms with E-state index in [1.807, 2.05) is 17.8 Å². The van der Waals surface area contributed by atoms with Gasteiger partial charge < -0.3 is 9.88 Å². The first-order chi connectivity index (χ1) is 7.09. The Morgan fingerprint density at radius 1 is 1.67 bits per heavy atom. The van der Waals surface area contributed by atoms with Crippen molar-refractivity contribution >= 4 is 17.7 Å². The number of thioether (sulfide) groups is 1. The number of carbonyl (C=O) groups excluding carboxylic acids is 1. The quantitative estimate of drug-likeness (QED) is 0.771. The molecule has 0 unspecified atom stereocenters. The summed E-state index contributed by atoms with van der Waals surface area (Å²) in [5, 5.41) is 3.74. The molecule has 0 saturated carbocycles. The smallest absolute Gasteiger partial charge is 0.230 e. The van der Waals surface area contributed by atoms with E-state index in [2.05, 4.69) is 24.1 Å². The van der Waals surface area contributed by atoms with Gasteiger partial charge in [0.05, 0.1) is 5.75 Å². The van der Waals surface area contributed by atoms with E-state index >= 15 is 0 Å². The van der Waals surface area contributed by atoms with Crippen molar-refractivity contribution in [3.63, 3.8) is 0 Å². The van der Waals surface area contributed by atoms with Crippen molar-refractivity contribution < 1.29 is 4.79 Å². The Morgan fingerprint density at radius 2 is 2.40 bits per heavy atom. The van der Waals surface area contributed by atoms with Crippen LogP contribution in [0.4, 0.5) is 0 Å². The van der Waals surface area contributed by atoms with E-state index in [1.54, 1.807) is 6.20 Å². The van der Waals surface area contributed by atoms with Crippen LogP contribution in [-0.4, -0.2) is 27.8 Å². The molecule has 15 heavy (non-hydrogen) atoms. The zero-order chi connectivity index (χ0) is 11.3. The topological polar surface area (TPSA) is 46.9 Å². The van der Waals surface area contributed by atoms with E-state index < -0.39 is 0 Å². The number of nitrogens with zero attached hydrogens (tertiary/aromatic N) is 2. The van der Waals surface area contributed by atoms with Crippen molar-refractivity contribution in [3.8, 4) is 0 Å². The Labute approximate surface area is 94.5 Å². The van der Waals surface area contributed by atoms with Crippen LogP contribution in [0.3, 0.4) is 0 Å². The second-order valence-electron chi connectivity index (χ2n) is 3.81. The van der Waals surface area contributed by atoms with Crippen LogP contribution in [0.2, 0.25) is 0 Å². The summed E-state index contributed by atoms with van der Waals surface area (Å²) in [6, 6.07) is 0. The number of carbonyl (C=O) groups is 1. The molecule has 0 fully saturated rings. The Balaban J connectivity index is 2.26. The zero-order valence-corrected chi connectivity index (χ0v) is 10.2. The Kier molecular flexibility index (Phi) is 4.68. The molecular formula is C10H17N3OS. The molecule has 5 heteroatoms. The Morgan fingerprint density at radius 3 is 2.93 bits per heavy atom. The van der Waals surface area contributed by atoms with Gasteiger partial charge in [0, 0.05) is 26.0 Å². The molecule has 1 N–H and O–H groups in total. The molecule has 1 aromatic rings. The van der Waals surface area contributed by atoms with Gasteiger partial charge in [0.1, 0.15) is 0 Å². The van der Waals surface area contributed by atoms with Crippen molar-refractivity contribution in [1.29, 1.82) is 0 Å². The average molecular weight is 227 g/mol. The molecule has 84 valence electrons. The second kappa shape index (κ2) is 5.80. The molecule has 0 aliphatic rings. The summed E-state index contributed by atoms with van der Waals surface area (Å²) >= 11 is 1.45. The van der Waals surface area contributed by atoms with E-state index in [9.17, 15) is 4.79 Å². The maximum absolute atomic E-state index is 11.4. The van der Waals surface area contributed by atoms with Crippen LogP contribution < -0.4 is 5.32 Å². The number of aryl methyl sites for hydroxylation is 1. The van der Waals surface area contributed by atoms with Gasteiger partial charge in [-0.1, -0.05) is 25.6 Å². The summed E-state index contributed by atoms with van der Waals surface area (Å²) in [5.41, 5.74) is 0. The number of hydrogen-bond acceptors (Lipinski definition) is 3. The molecule has 0 aliphatic heterocycles. The first kappa shape index (κ1) is 12.1. The molecule has 1 rings (SSSR count). The maximum Gasteiger partial charge on any atom is 0.230 e. The van der Waals surface area contributed by atoms with E-state index in [0.717, 1.165) is 11.7 Å². The molecular weight excluding hydrogens is 210 g/mol. The van der Waals surface area contributed by atoms with Crippen LogP contribution in [0.15, 0.2) is 17.6 Å². The van der Waals surface area contributed by atoms with Crippen LogP contribution in [0.1, 0.15) is 13.8 Å². The summed E-state index contributed by atoms with van der Waals surface area (Å²) in [6.07, 6.45) is 3.60. The monoisotopic (exact) mass is 227 g/mol. The number of hydrogen-bond donors (Lipinski definition) is 1. The SMILES string of the molecule is CC(C)CNC(=O)CSc1nccn1C. The van der Waals surface area contributed by atoms with Gasteiger partial charge in [-0.15, -0.1) is 0 Å². The van der Waals surface area contributed by atoms with E-state index in [1.165, 1.54) is 11.8 Å². The number of amides is 1. The largest absolute Gasteiger partial charge is 0.355 e. The predicted molar refractivity (Wildman–Crippen MR) is 61.8 cm³/mol. The normalized spacial score (nSPS) is 10.7. The standard InChI is InChI=1S/C10H17N3OS/c1-8(2)6-12-9(14)7-15-10-11-4-5-13(10)3/h4-5,8H,6-7H2,1-3H3,(H,12,14). The molecule has 0 bridgehead atoms. The molecule has 0 aromatic carbocycles. The summed E-state index contributed by atoms with van der Waals surface area (Å²) in [7, 11) is 1.92. The van der Waals surface area contributed by atoms with Gasteiger partial charge in [-0.3, -0.25) is 4.79 Å². The average Bonchev–Trinajstić information content (AvgIpc) is 2.58. The first-order valence-electron chi connectivity index (χ1n) is 4.96. The first-order valence-corrected chi connectivity index (χ1v) is 5.95. The third-order valence-electron chi connectivity index (χ3n) is 1.82. The Bertz CT molecular complexity index is 322. The van der Waals surface area contributed by atoms with Gasteiger partial charge in [-0.05, 0) is 5.92 Å². The maximum atomic E-state index is 11.4. The van der Waals surface area contributed by atoms with Gasteiger partial charge in [-0.25, -0.2) is 4.98 Å². The van der Waals surface area contributed by atoms with Crippen molar-refractivity contribution in [2.75, 3.05) is 12.3 Å². The highest BCUT2D eigenvalue weighted by molar-refractivity contribution is 7.99. The fourth-order valence-electron chi connectivity index (χ4n) is 0.990. The highest BCUT2D eigenvalue weighted by Crippen LogP contribution is 2.13. The number of rotatable bonds is 5. The lowest BCUT2D eigenvalue weighted by Gasteiger charge is -2.06. The van der Waals surface area contributed by atoms with Crippen molar-refractivity contribution in [3.05, 3.63) is 12.4 Å². The lowest BCUT2D eigenvalue weighted by molar-refractivity contribution is -0.118. The van der Waals surface area contributed by atoms with Crippen molar-refractivity contribution in [2.24, 2.45) is 13.0 Å². The third-order valence-corrected chi connectivity index (χ3v) is 2.87. The molecule has 1 heterocycles. The van der Waals surface area contributed by atoms with Gasteiger partial charge in [0.25, 0.3) is 0 Å². The van der Waals surface area contributed by atoms with Crippen LogP contribution >= 0.6 is 11.8 Å². The molecule has 1 aromatic heterocycles. The van der Waals surface area contributed by atoms with Gasteiger partial charge in [0.15, 0.2) is 5.16 Å². The van der Waals surface area contributed by atoms with Gasteiger partial charge >= 0.3 is 0 Å². The summed E-state index contributed by atoms with van der Waals surface area (Å²) < 4.78 is 1.90. The number of imidazole rings is 1. The molecule has 1 amide bonds. The molecule has 0 spiro atoms. The van der Waals surface area contributed by atoms with Crippen LogP contribution in [0, 0.1) is 5.92 Å². The minimum Gasteiger partial charge on any atom is -0.355 e.